The van der Waals surface area contributed by atoms with E-state index >= 15 is 0 Å². The van der Waals surface area contributed by atoms with E-state index in [4.69, 9.17) is 0 Å². The molecule has 0 amide bonds. The van der Waals surface area contributed by atoms with Crippen LogP contribution in [0.3, 0.4) is 0 Å². The van der Waals surface area contributed by atoms with Crippen LogP contribution < -0.4 is 0 Å². The molecule has 0 fully saturated rings. The highest BCUT2D eigenvalue weighted by atomic mass is 16.3. The largest absolute Gasteiger partial charge is 0.391 e. The summed E-state index contributed by atoms with van der Waals surface area (Å²) in [5.41, 5.74) is 2.61. The monoisotopic (exact) mass is 205 g/mol. The number of rotatable bonds is 3. The molecule has 0 heterocycles. The Kier molecular flexibility index (Phi) is 3.08. The minimum absolute atomic E-state index is 0.196. The van der Waals surface area contributed by atoms with E-state index in [0.717, 1.165) is 19.4 Å². The summed E-state index contributed by atoms with van der Waals surface area (Å²) in [6.07, 6.45) is 1.69. The predicted octanol–water partition coefficient (Wildman–Crippen LogP) is 1.99. The lowest BCUT2D eigenvalue weighted by Crippen LogP contribution is -2.31. The molecule has 15 heavy (non-hydrogen) atoms. The zero-order valence-electron chi connectivity index (χ0n) is 9.48. The molecule has 1 aromatic carbocycles. The standard InChI is InChI=1S/C13H19NO/c1-3-8-14(2)13-11-7-5-4-6-10(11)9-12(13)15/h4-7,12-13,15H,3,8-9H2,1-2H3/t12-,13+/m1/s1. The maximum atomic E-state index is 10.1. The number of likely N-dealkylation sites (N-methyl/N-ethyl adjacent to an activating group) is 1. The molecule has 1 N–H and O–H groups in total. The molecule has 0 aliphatic heterocycles. The van der Waals surface area contributed by atoms with Gasteiger partial charge in [0.15, 0.2) is 0 Å². The smallest absolute Gasteiger partial charge is 0.0777 e. The molecule has 0 spiro atoms. The van der Waals surface area contributed by atoms with Crippen LogP contribution in [0.25, 0.3) is 0 Å². The highest BCUT2D eigenvalue weighted by Crippen LogP contribution is 2.34. The topological polar surface area (TPSA) is 23.5 Å². The average Bonchev–Trinajstić information content (AvgIpc) is 2.54. The van der Waals surface area contributed by atoms with E-state index in [1.165, 1.54) is 11.1 Å². The van der Waals surface area contributed by atoms with E-state index in [-0.39, 0.29) is 12.1 Å². The number of nitrogens with zero attached hydrogens (tertiary/aromatic N) is 1. The van der Waals surface area contributed by atoms with Gasteiger partial charge in [-0.2, -0.15) is 0 Å². The Labute approximate surface area is 91.5 Å². The molecule has 2 atom stereocenters. The van der Waals surface area contributed by atoms with Crippen molar-refractivity contribution in [2.45, 2.75) is 31.9 Å². The number of aliphatic hydroxyl groups excluding tert-OH is 1. The van der Waals surface area contributed by atoms with Crippen LogP contribution in [-0.4, -0.2) is 29.7 Å². The molecule has 0 aromatic heterocycles. The molecular weight excluding hydrogens is 186 g/mol. The maximum Gasteiger partial charge on any atom is 0.0777 e. The van der Waals surface area contributed by atoms with Gasteiger partial charge in [0.2, 0.25) is 0 Å². The molecule has 0 unspecified atom stereocenters. The van der Waals surface area contributed by atoms with Gasteiger partial charge < -0.3 is 5.11 Å². The molecular formula is C13H19NO. The molecule has 0 radical (unpaired) electrons. The van der Waals surface area contributed by atoms with E-state index in [0.29, 0.717) is 0 Å². The van der Waals surface area contributed by atoms with Gasteiger partial charge in [0.1, 0.15) is 0 Å². The number of aliphatic hydroxyl groups is 1. The average molecular weight is 205 g/mol. The first-order valence-corrected chi connectivity index (χ1v) is 5.70. The summed E-state index contributed by atoms with van der Waals surface area (Å²) < 4.78 is 0. The third kappa shape index (κ3) is 1.92. The summed E-state index contributed by atoms with van der Waals surface area (Å²) in [6, 6.07) is 8.57. The highest BCUT2D eigenvalue weighted by Gasteiger charge is 2.32. The third-order valence-corrected chi connectivity index (χ3v) is 3.22. The van der Waals surface area contributed by atoms with Gasteiger partial charge in [-0.1, -0.05) is 31.2 Å². The fraction of sp³-hybridized carbons (Fsp3) is 0.538. The Hall–Kier alpha value is -0.860. The summed E-state index contributed by atoms with van der Waals surface area (Å²) in [4.78, 5) is 2.26. The third-order valence-electron chi connectivity index (χ3n) is 3.22. The van der Waals surface area contributed by atoms with Crippen LogP contribution in [0.15, 0.2) is 24.3 Å². The Morgan fingerprint density at radius 3 is 2.87 bits per heavy atom. The summed E-state index contributed by atoms with van der Waals surface area (Å²) in [5, 5.41) is 10.1. The summed E-state index contributed by atoms with van der Waals surface area (Å²) >= 11 is 0. The lowest BCUT2D eigenvalue weighted by molar-refractivity contribution is 0.0765. The minimum Gasteiger partial charge on any atom is -0.391 e. The Morgan fingerprint density at radius 1 is 1.40 bits per heavy atom. The van der Waals surface area contributed by atoms with E-state index in [9.17, 15) is 5.11 Å². The molecule has 0 saturated heterocycles. The van der Waals surface area contributed by atoms with Gasteiger partial charge in [0.25, 0.3) is 0 Å². The summed E-state index contributed by atoms with van der Waals surface area (Å²) in [6.45, 7) is 3.21. The first-order chi connectivity index (χ1) is 7.24. The van der Waals surface area contributed by atoms with Crippen molar-refractivity contribution in [3.63, 3.8) is 0 Å². The molecule has 0 bridgehead atoms. The van der Waals surface area contributed by atoms with Crippen LogP contribution in [0.4, 0.5) is 0 Å². The molecule has 1 aromatic rings. The second kappa shape index (κ2) is 4.33. The first kappa shape index (κ1) is 10.7. The van der Waals surface area contributed by atoms with Gasteiger partial charge in [0.05, 0.1) is 12.1 Å². The zero-order valence-corrected chi connectivity index (χ0v) is 9.48. The summed E-state index contributed by atoms with van der Waals surface area (Å²) in [7, 11) is 2.10. The van der Waals surface area contributed by atoms with Crippen molar-refractivity contribution in [3.8, 4) is 0 Å². The highest BCUT2D eigenvalue weighted by molar-refractivity contribution is 5.36. The lowest BCUT2D eigenvalue weighted by atomic mass is 10.1. The van der Waals surface area contributed by atoms with Crippen LogP contribution in [0, 0.1) is 0 Å². The van der Waals surface area contributed by atoms with Crippen LogP contribution in [0.2, 0.25) is 0 Å². The SMILES string of the molecule is CCCN(C)[C@H]1c2ccccc2C[C@H]1O. The van der Waals surface area contributed by atoms with Crippen LogP contribution in [0.5, 0.6) is 0 Å². The van der Waals surface area contributed by atoms with E-state index in [1.54, 1.807) is 0 Å². The number of hydrogen-bond acceptors (Lipinski definition) is 2. The van der Waals surface area contributed by atoms with Gasteiger partial charge in [-0.25, -0.2) is 0 Å². The van der Waals surface area contributed by atoms with Crippen molar-refractivity contribution >= 4 is 0 Å². The van der Waals surface area contributed by atoms with Crippen LogP contribution >= 0.6 is 0 Å². The molecule has 2 nitrogen and oxygen atoms in total. The van der Waals surface area contributed by atoms with Crippen molar-refractivity contribution in [1.29, 1.82) is 0 Å². The van der Waals surface area contributed by atoms with E-state index < -0.39 is 0 Å². The molecule has 2 heteroatoms. The molecule has 0 saturated carbocycles. The second-order valence-electron chi connectivity index (χ2n) is 4.40. The van der Waals surface area contributed by atoms with Crippen molar-refractivity contribution in [1.82, 2.24) is 4.90 Å². The second-order valence-corrected chi connectivity index (χ2v) is 4.40. The number of benzene rings is 1. The number of hydrogen-bond donors (Lipinski definition) is 1. The fourth-order valence-corrected chi connectivity index (χ4v) is 2.58. The summed E-state index contributed by atoms with van der Waals surface area (Å²) in [5.74, 6) is 0. The molecule has 1 aliphatic rings. The minimum atomic E-state index is -0.237. The Morgan fingerprint density at radius 2 is 2.13 bits per heavy atom. The van der Waals surface area contributed by atoms with Crippen LogP contribution in [0.1, 0.15) is 30.5 Å². The fourth-order valence-electron chi connectivity index (χ4n) is 2.58. The normalized spacial score (nSPS) is 24.5. The molecule has 1 aliphatic carbocycles. The molecule has 82 valence electrons. The van der Waals surface area contributed by atoms with Gasteiger partial charge in [-0.05, 0) is 31.1 Å². The molecule has 2 rings (SSSR count). The van der Waals surface area contributed by atoms with E-state index in [2.05, 4.69) is 37.1 Å². The maximum absolute atomic E-state index is 10.1. The quantitative estimate of drug-likeness (QED) is 0.815. The Balaban J connectivity index is 2.25. The van der Waals surface area contributed by atoms with Crippen molar-refractivity contribution < 1.29 is 5.11 Å². The van der Waals surface area contributed by atoms with Gasteiger partial charge in [-0.3, -0.25) is 4.90 Å². The van der Waals surface area contributed by atoms with Crippen molar-refractivity contribution in [3.05, 3.63) is 35.4 Å². The van der Waals surface area contributed by atoms with Gasteiger partial charge in [-0.15, -0.1) is 0 Å². The first-order valence-electron chi connectivity index (χ1n) is 5.70. The van der Waals surface area contributed by atoms with Gasteiger partial charge >= 0.3 is 0 Å². The predicted molar refractivity (Wildman–Crippen MR) is 61.8 cm³/mol. The lowest BCUT2D eigenvalue weighted by Gasteiger charge is -2.27. The van der Waals surface area contributed by atoms with Crippen molar-refractivity contribution in [2.75, 3.05) is 13.6 Å². The van der Waals surface area contributed by atoms with E-state index in [1.807, 2.05) is 6.07 Å². The zero-order chi connectivity index (χ0) is 10.8. The van der Waals surface area contributed by atoms with Crippen molar-refractivity contribution in [2.24, 2.45) is 0 Å². The number of fused-ring (bicyclic) bond motifs is 1. The van der Waals surface area contributed by atoms with Crippen LogP contribution in [-0.2, 0) is 6.42 Å². The Bertz CT molecular complexity index is 337. The van der Waals surface area contributed by atoms with Gasteiger partial charge in [0, 0.05) is 6.42 Å².